The number of rotatable bonds is 4. The first-order chi connectivity index (χ1) is 10.6. The van der Waals surface area contributed by atoms with Crippen LogP contribution in [0.25, 0.3) is 10.9 Å². The van der Waals surface area contributed by atoms with Gasteiger partial charge in [-0.2, -0.15) is 5.10 Å². The van der Waals surface area contributed by atoms with Gasteiger partial charge in [0.05, 0.1) is 23.3 Å². The average molecular weight is 297 g/mol. The van der Waals surface area contributed by atoms with Crippen LogP contribution in [0.1, 0.15) is 37.7 Å². The molecule has 0 amide bonds. The molecular weight excluding hydrogens is 278 g/mol. The molecule has 0 aliphatic heterocycles. The van der Waals surface area contributed by atoms with E-state index in [2.05, 4.69) is 22.0 Å². The molecule has 0 N–H and O–H groups in total. The number of aryl methyl sites for hydroxylation is 2. The highest BCUT2D eigenvalue weighted by Gasteiger charge is 2.17. The standard InChI is InChI=1S/C16H19N5O/c1-4-8-21-15(17-9-19-21)12(3)20-10-18-14-11(2)6-5-7-13(14)16(20)22/h5-7,9-10,12H,4,8H2,1-3H3/t12-/m1/s1. The molecule has 1 aromatic carbocycles. The Morgan fingerprint density at radius 2 is 2.09 bits per heavy atom. The molecule has 2 heterocycles. The van der Waals surface area contributed by atoms with Crippen LogP contribution in [0.2, 0.25) is 0 Å². The predicted molar refractivity (Wildman–Crippen MR) is 84.9 cm³/mol. The van der Waals surface area contributed by atoms with E-state index in [4.69, 9.17) is 0 Å². The molecule has 0 radical (unpaired) electrons. The average Bonchev–Trinajstić information content (AvgIpc) is 2.97. The Balaban J connectivity index is 2.12. The fourth-order valence-corrected chi connectivity index (χ4v) is 2.70. The van der Waals surface area contributed by atoms with Gasteiger partial charge >= 0.3 is 0 Å². The SMILES string of the molecule is CCCn1ncnc1[C@@H](C)n1cnc2c(C)cccc2c1=O. The molecule has 0 bridgehead atoms. The second-order valence-corrected chi connectivity index (χ2v) is 5.45. The first-order valence-electron chi connectivity index (χ1n) is 7.47. The van der Waals surface area contributed by atoms with E-state index in [1.807, 2.05) is 36.7 Å². The van der Waals surface area contributed by atoms with Gasteiger partial charge in [0, 0.05) is 6.54 Å². The molecule has 0 spiro atoms. The fraction of sp³-hybridized carbons (Fsp3) is 0.375. The summed E-state index contributed by atoms with van der Waals surface area (Å²) < 4.78 is 3.47. The van der Waals surface area contributed by atoms with Crippen LogP contribution in [-0.4, -0.2) is 24.3 Å². The van der Waals surface area contributed by atoms with E-state index >= 15 is 0 Å². The molecule has 22 heavy (non-hydrogen) atoms. The molecule has 3 rings (SSSR count). The summed E-state index contributed by atoms with van der Waals surface area (Å²) in [5.74, 6) is 0.776. The van der Waals surface area contributed by atoms with Crippen molar-refractivity contribution in [3.8, 4) is 0 Å². The second-order valence-electron chi connectivity index (χ2n) is 5.45. The minimum Gasteiger partial charge on any atom is -0.288 e. The highest BCUT2D eigenvalue weighted by atomic mass is 16.1. The van der Waals surface area contributed by atoms with Crippen LogP contribution in [0.15, 0.2) is 35.6 Å². The molecule has 0 aliphatic carbocycles. The first-order valence-corrected chi connectivity index (χ1v) is 7.47. The van der Waals surface area contributed by atoms with Gasteiger partial charge in [0.1, 0.15) is 12.2 Å². The highest BCUT2D eigenvalue weighted by Crippen LogP contribution is 2.16. The summed E-state index contributed by atoms with van der Waals surface area (Å²) in [6, 6.07) is 5.45. The minimum atomic E-state index is -0.209. The summed E-state index contributed by atoms with van der Waals surface area (Å²) >= 11 is 0. The maximum Gasteiger partial charge on any atom is 0.261 e. The van der Waals surface area contributed by atoms with Crippen LogP contribution in [0.3, 0.4) is 0 Å². The molecule has 0 saturated heterocycles. The van der Waals surface area contributed by atoms with Crippen molar-refractivity contribution in [1.29, 1.82) is 0 Å². The van der Waals surface area contributed by atoms with Crippen LogP contribution in [0.4, 0.5) is 0 Å². The molecule has 2 aromatic heterocycles. The monoisotopic (exact) mass is 297 g/mol. The quantitative estimate of drug-likeness (QED) is 0.741. The van der Waals surface area contributed by atoms with Crippen molar-refractivity contribution >= 4 is 10.9 Å². The van der Waals surface area contributed by atoms with Crippen LogP contribution >= 0.6 is 0 Å². The maximum atomic E-state index is 12.8. The number of aromatic nitrogens is 5. The predicted octanol–water partition coefficient (Wildman–Crippen LogP) is 2.32. The van der Waals surface area contributed by atoms with Gasteiger partial charge in [0.25, 0.3) is 5.56 Å². The molecule has 1 atom stereocenters. The topological polar surface area (TPSA) is 65.6 Å². The lowest BCUT2D eigenvalue weighted by atomic mass is 10.1. The molecule has 6 nitrogen and oxygen atoms in total. The van der Waals surface area contributed by atoms with Crippen molar-refractivity contribution in [2.24, 2.45) is 0 Å². The van der Waals surface area contributed by atoms with Crippen molar-refractivity contribution in [3.63, 3.8) is 0 Å². The summed E-state index contributed by atoms with van der Waals surface area (Å²) in [6.45, 7) is 6.78. The Morgan fingerprint density at radius 3 is 2.86 bits per heavy atom. The number of hydrogen-bond donors (Lipinski definition) is 0. The van der Waals surface area contributed by atoms with Crippen LogP contribution in [-0.2, 0) is 6.54 Å². The number of hydrogen-bond acceptors (Lipinski definition) is 4. The lowest BCUT2D eigenvalue weighted by molar-refractivity contribution is 0.497. The van der Waals surface area contributed by atoms with Gasteiger partial charge in [-0.25, -0.2) is 14.6 Å². The van der Waals surface area contributed by atoms with Crippen LogP contribution in [0, 0.1) is 6.92 Å². The van der Waals surface area contributed by atoms with Crippen LogP contribution < -0.4 is 5.56 Å². The summed E-state index contributed by atoms with van der Waals surface area (Å²) in [5, 5.41) is 4.86. The van der Waals surface area contributed by atoms with Crippen molar-refractivity contribution in [2.75, 3.05) is 0 Å². The molecule has 0 aliphatic rings. The Morgan fingerprint density at radius 1 is 1.27 bits per heavy atom. The maximum absolute atomic E-state index is 12.8. The zero-order valence-corrected chi connectivity index (χ0v) is 13.0. The first kappa shape index (κ1) is 14.4. The number of fused-ring (bicyclic) bond motifs is 1. The van der Waals surface area contributed by atoms with Crippen LogP contribution in [0.5, 0.6) is 0 Å². The molecular formula is C16H19N5O. The zero-order chi connectivity index (χ0) is 15.7. The van der Waals surface area contributed by atoms with Gasteiger partial charge in [-0.3, -0.25) is 9.36 Å². The Kier molecular flexibility index (Phi) is 3.75. The van der Waals surface area contributed by atoms with E-state index in [9.17, 15) is 4.79 Å². The lowest BCUT2D eigenvalue weighted by Gasteiger charge is -2.15. The van der Waals surface area contributed by atoms with E-state index in [1.54, 1.807) is 10.9 Å². The molecule has 0 saturated carbocycles. The van der Waals surface area contributed by atoms with Gasteiger partial charge in [-0.15, -0.1) is 0 Å². The molecule has 3 aromatic rings. The van der Waals surface area contributed by atoms with Crippen molar-refractivity contribution < 1.29 is 0 Å². The molecule has 114 valence electrons. The van der Waals surface area contributed by atoms with E-state index in [-0.39, 0.29) is 11.6 Å². The van der Waals surface area contributed by atoms with E-state index in [1.165, 1.54) is 6.33 Å². The number of para-hydroxylation sites is 1. The molecule has 0 unspecified atom stereocenters. The van der Waals surface area contributed by atoms with Gasteiger partial charge < -0.3 is 0 Å². The van der Waals surface area contributed by atoms with Gasteiger partial charge in [-0.1, -0.05) is 19.1 Å². The van der Waals surface area contributed by atoms with E-state index in [0.29, 0.717) is 5.39 Å². The Hall–Kier alpha value is -2.50. The third-order valence-corrected chi connectivity index (χ3v) is 3.89. The van der Waals surface area contributed by atoms with Crippen molar-refractivity contribution in [3.05, 3.63) is 52.6 Å². The zero-order valence-electron chi connectivity index (χ0n) is 13.0. The number of benzene rings is 1. The largest absolute Gasteiger partial charge is 0.288 e. The van der Waals surface area contributed by atoms with Gasteiger partial charge in [0.2, 0.25) is 0 Å². The molecule has 0 fully saturated rings. The second kappa shape index (κ2) is 5.71. The Bertz CT molecular complexity index is 864. The summed E-state index contributed by atoms with van der Waals surface area (Å²) in [6.07, 6.45) is 4.10. The molecule has 6 heteroatoms. The van der Waals surface area contributed by atoms with Crippen molar-refractivity contribution in [2.45, 2.75) is 39.8 Å². The lowest BCUT2D eigenvalue weighted by Crippen LogP contribution is -2.26. The third kappa shape index (κ3) is 2.30. The summed E-state index contributed by atoms with van der Waals surface area (Å²) in [4.78, 5) is 21.5. The van der Waals surface area contributed by atoms with Crippen molar-refractivity contribution in [1.82, 2.24) is 24.3 Å². The minimum absolute atomic E-state index is 0.0488. The van der Waals surface area contributed by atoms with E-state index in [0.717, 1.165) is 29.9 Å². The van der Waals surface area contributed by atoms with Gasteiger partial charge in [0.15, 0.2) is 0 Å². The smallest absolute Gasteiger partial charge is 0.261 e. The highest BCUT2D eigenvalue weighted by molar-refractivity contribution is 5.80. The third-order valence-electron chi connectivity index (χ3n) is 3.89. The number of nitrogens with zero attached hydrogens (tertiary/aromatic N) is 5. The van der Waals surface area contributed by atoms with E-state index < -0.39 is 0 Å². The Labute approximate surface area is 128 Å². The fourth-order valence-electron chi connectivity index (χ4n) is 2.70. The normalized spacial score (nSPS) is 12.7. The van der Waals surface area contributed by atoms with Gasteiger partial charge in [-0.05, 0) is 31.9 Å². The summed E-state index contributed by atoms with van der Waals surface area (Å²) in [7, 11) is 0. The summed E-state index contributed by atoms with van der Waals surface area (Å²) in [5.41, 5.74) is 1.71.